The lowest BCUT2D eigenvalue weighted by atomic mass is 10.0. The molecule has 2 rings (SSSR count). The summed E-state index contributed by atoms with van der Waals surface area (Å²) in [6, 6.07) is 7.68. The topological polar surface area (TPSA) is 9.23 Å². The summed E-state index contributed by atoms with van der Waals surface area (Å²) in [5, 5.41) is 0. The number of para-hydroxylation sites is 1. The van der Waals surface area contributed by atoms with E-state index in [2.05, 4.69) is 0 Å². The Labute approximate surface area is 101 Å². The van der Waals surface area contributed by atoms with Gasteiger partial charge in [-0.3, -0.25) is 0 Å². The van der Waals surface area contributed by atoms with Crippen LogP contribution in [0.25, 0.3) is 6.08 Å². The average Bonchev–Trinajstić information content (AvgIpc) is 2.38. The molecule has 88 valence electrons. The molecule has 0 aromatic heterocycles. The van der Waals surface area contributed by atoms with Gasteiger partial charge in [0.25, 0.3) is 0 Å². The molecule has 0 aliphatic heterocycles. The summed E-state index contributed by atoms with van der Waals surface area (Å²) >= 11 is 0. The highest BCUT2D eigenvalue weighted by molar-refractivity contribution is 5.61. The van der Waals surface area contributed by atoms with Crippen LogP contribution in [0.1, 0.15) is 18.4 Å². The van der Waals surface area contributed by atoms with Crippen LogP contribution in [0.3, 0.4) is 0 Å². The smallest absolute Gasteiger partial charge is 0.126 e. The lowest BCUT2D eigenvalue weighted by molar-refractivity contribution is 0.414. The van der Waals surface area contributed by atoms with Crippen molar-refractivity contribution in [1.29, 1.82) is 0 Å². The summed E-state index contributed by atoms with van der Waals surface area (Å²) in [5.74, 6) is 0.659. The summed E-state index contributed by atoms with van der Waals surface area (Å²) < 4.78 is 18.7. The third-order valence-electron chi connectivity index (χ3n) is 2.71. The molecule has 2 heteroatoms. The Morgan fingerprint density at radius 2 is 1.88 bits per heavy atom. The molecular weight excluding hydrogens is 215 g/mol. The first-order valence-electron chi connectivity index (χ1n) is 5.68. The first-order valence-corrected chi connectivity index (χ1v) is 5.68. The van der Waals surface area contributed by atoms with Crippen LogP contribution in [-0.2, 0) is 0 Å². The molecule has 1 aliphatic carbocycles. The lowest BCUT2D eigenvalue weighted by Crippen LogP contribution is -1.88. The van der Waals surface area contributed by atoms with E-state index in [0.717, 1.165) is 24.2 Å². The number of halogens is 1. The van der Waals surface area contributed by atoms with Gasteiger partial charge in [-0.25, -0.2) is 4.39 Å². The zero-order chi connectivity index (χ0) is 12.1. The number of methoxy groups -OCH3 is 1. The van der Waals surface area contributed by atoms with Gasteiger partial charge in [0.1, 0.15) is 11.6 Å². The molecule has 0 amide bonds. The van der Waals surface area contributed by atoms with Gasteiger partial charge < -0.3 is 4.74 Å². The maximum absolute atomic E-state index is 13.4. The Kier molecular flexibility index (Phi) is 3.76. The molecule has 0 fully saturated rings. The number of rotatable bonds is 3. The molecule has 17 heavy (non-hydrogen) atoms. The van der Waals surface area contributed by atoms with Crippen LogP contribution in [-0.4, -0.2) is 7.11 Å². The van der Waals surface area contributed by atoms with E-state index in [9.17, 15) is 4.39 Å². The van der Waals surface area contributed by atoms with Crippen molar-refractivity contribution in [1.82, 2.24) is 0 Å². The Morgan fingerprint density at radius 1 is 1.12 bits per heavy atom. The maximum atomic E-state index is 13.4. The van der Waals surface area contributed by atoms with Crippen molar-refractivity contribution >= 4 is 6.08 Å². The molecule has 0 saturated carbocycles. The van der Waals surface area contributed by atoms with Crippen LogP contribution in [0.2, 0.25) is 0 Å². The second-order valence-corrected chi connectivity index (χ2v) is 3.86. The molecule has 0 bridgehead atoms. The normalized spacial score (nSPS) is 15.6. The SMILES string of the molecule is COc1ccccc1/C=C/C1=CCCC=C1F. The second kappa shape index (κ2) is 5.48. The first-order chi connectivity index (χ1) is 8.31. The molecule has 0 saturated heterocycles. The monoisotopic (exact) mass is 230 g/mol. The van der Waals surface area contributed by atoms with E-state index < -0.39 is 0 Å². The fourth-order valence-electron chi connectivity index (χ4n) is 1.80. The molecule has 0 spiro atoms. The van der Waals surface area contributed by atoms with E-state index in [0.29, 0.717) is 5.57 Å². The second-order valence-electron chi connectivity index (χ2n) is 3.86. The van der Waals surface area contributed by atoms with Gasteiger partial charge in [-0.2, -0.15) is 0 Å². The van der Waals surface area contributed by atoms with Gasteiger partial charge in [-0.05, 0) is 25.0 Å². The first kappa shape index (κ1) is 11.6. The molecule has 0 atom stereocenters. The fraction of sp³-hybridized carbons (Fsp3) is 0.200. The minimum absolute atomic E-state index is 0.137. The van der Waals surface area contributed by atoms with Gasteiger partial charge in [0.15, 0.2) is 0 Å². The van der Waals surface area contributed by atoms with Crippen LogP contribution in [0.4, 0.5) is 4.39 Å². The van der Waals surface area contributed by atoms with E-state index in [1.165, 1.54) is 0 Å². The van der Waals surface area contributed by atoms with Crippen LogP contribution in [0.15, 0.2) is 53.9 Å². The lowest BCUT2D eigenvalue weighted by Gasteiger charge is -2.06. The third kappa shape index (κ3) is 2.84. The predicted octanol–water partition coefficient (Wildman–Crippen LogP) is 4.28. The molecule has 1 nitrogen and oxygen atoms in total. The third-order valence-corrected chi connectivity index (χ3v) is 2.71. The maximum Gasteiger partial charge on any atom is 0.126 e. The van der Waals surface area contributed by atoms with Gasteiger partial charge in [0, 0.05) is 11.1 Å². The predicted molar refractivity (Wildman–Crippen MR) is 68.5 cm³/mol. The van der Waals surface area contributed by atoms with Crippen molar-refractivity contribution < 1.29 is 9.13 Å². The van der Waals surface area contributed by atoms with Gasteiger partial charge in [-0.1, -0.05) is 36.4 Å². The molecule has 1 aromatic rings. The van der Waals surface area contributed by atoms with E-state index in [4.69, 9.17) is 4.74 Å². The van der Waals surface area contributed by atoms with Crippen LogP contribution in [0.5, 0.6) is 5.75 Å². The van der Waals surface area contributed by atoms with Gasteiger partial charge in [0.2, 0.25) is 0 Å². The summed E-state index contributed by atoms with van der Waals surface area (Å²) in [6.07, 6.45) is 8.91. The van der Waals surface area contributed by atoms with Crippen LogP contribution < -0.4 is 4.74 Å². The zero-order valence-corrected chi connectivity index (χ0v) is 9.82. The number of allylic oxidation sites excluding steroid dienone is 5. The Balaban J connectivity index is 2.20. The number of hydrogen-bond donors (Lipinski definition) is 0. The highest BCUT2D eigenvalue weighted by Gasteiger charge is 2.05. The number of hydrogen-bond acceptors (Lipinski definition) is 1. The Morgan fingerprint density at radius 3 is 2.65 bits per heavy atom. The highest BCUT2D eigenvalue weighted by Crippen LogP contribution is 2.24. The highest BCUT2D eigenvalue weighted by atomic mass is 19.1. The van der Waals surface area contributed by atoms with Crippen LogP contribution >= 0.6 is 0 Å². The fourth-order valence-corrected chi connectivity index (χ4v) is 1.80. The number of benzene rings is 1. The van der Waals surface area contributed by atoms with Gasteiger partial charge in [0.05, 0.1) is 7.11 Å². The number of ether oxygens (including phenoxy) is 1. The van der Waals surface area contributed by atoms with Crippen molar-refractivity contribution in [3.05, 3.63) is 59.5 Å². The van der Waals surface area contributed by atoms with Crippen molar-refractivity contribution in [3.63, 3.8) is 0 Å². The van der Waals surface area contributed by atoms with E-state index in [1.54, 1.807) is 19.3 Å². The molecule has 1 aromatic carbocycles. The Hall–Kier alpha value is -1.83. The summed E-state index contributed by atoms with van der Waals surface area (Å²) in [4.78, 5) is 0. The average molecular weight is 230 g/mol. The molecule has 0 N–H and O–H groups in total. The standard InChI is InChI=1S/C15H15FO/c1-17-15-9-5-3-7-13(15)11-10-12-6-2-4-8-14(12)16/h3,5-11H,2,4H2,1H3/b11-10+. The van der Waals surface area contributed by atoms with Crippen molar-refractivity contribution in [2.24, 2.45) is 0 Å². The van der Waals surface area contributed by atoms with Gasteiger partial charge in [-0.15, -0.1) is 0 Å². The molecule has 0 unspecified atom stereocenters. The summed E-state index contributed by atoms with van der Waals surface area (Å²) in [6.45, 7) is 0. The largest absolute Gasteiger partial charge is 0.496 e. The summed E-state index contributed by atoms with van der Waals surface area (Å²) in [5.41, 5.74) is 1.61. The minimum atomic E-state index is -0.137. The summed E-state index contributed by atoms with van der Waals surface area (Å²) in [7, 11) is 1.63. The minimum Gasteiger partial charge on any atom is -0.496 e. The van der Waals surface area contributed by atoms with E-state index in [1.807, 2.05) is 36.4 Å². The van der Waals surface area contributed by atoms with Crippen LogP contribution in [0, 0.1) is 0 Å². The van der Waals surface area contributed by atoms with Crippen molar-refractivity contribution in [2.45, 2.75) is 12.8 Å². The van der Waals surface area contributed by atoms with E-state index >= 15 is 0 Å². The van der Waals surface area contributed by atoms with Crippen molar-refractivity contribution in [2.75, 3.05) is 7.11 Å². The molecule has 0 heterocycles. The van der Waals surface area contributed by atoms with Gasteiger partial charge >= 0.3 is 0 Å². The Bertz CT molecular complexity index is 483. The molecular formula is C15H15FO. The zero-order valence-electron chi connectivity index (χ0n) is 9.82. The van der Waals surface area contributed by atoms with Crippen molar-refractivity contribution in [3.8, 4) is 5.75 Å². The van der Waals surface area contributed by atoms with E-state index in [-0.39, 0.29) is 5.83 Å². The molecule has 0 radical (unpaired) electrons. The quantitative estimate of drug-likeness (QED) is 0.753. The molecule has 1 aliphatic rings.